The van der Waals surface area contributed by atoms with E-state index in [0.717, 1.165) is 22.9 Å². The van der Waals surface area contributed by atoms with Gasteiger partial charge in [0.05, 0.1) is 11.8 Å². The van der Waals surface area contributed by atoms with E-state index in [9.17, 15) is 9.59 Å². The molecule has 2 fully saturated rings. The van der Waals surface area contributed by atoms with Crippen LogP contribution in [0.15, 0.2) is 30.5 Å². The summed E-state index contributed by atoms with van der Waals surface area (Å²) in [5, 5.41) is 1.10. The van der Waals surface area contributed by atoms with E-state index in [1.165, 1.54) is 12.8 Å². The van der Waals surface area contributed by atoms with Gasteiger partial charge in [-0.3, -0.25) is 9.59 Å². The number of nitrogens with one attached hydrogen (secondary N) is 1. The second-order valence-corrected chi connectivity index (χ2v) is 7.71. The first kappa shape index (κ1) is 16.2. The maximum Gasteiger partial charge on any atom is 0.227 e. The number of hydrogen-bond acceptors (Lipinski definition) is 2. The van der Waals surface area contributed by atoms with Gasteiger partial charge in [0.25, 0.3) is 0 Å². The van der Waals surface area contributed by atoms with Crippen LogP contribution in [-0.2, 0) is 16.0 Å². The first-order valence-electron chi connectivity index (χ1n) is 9.20. The molecule has 1 aromatic carbocycles. The topological polar surface area (TPSA) is 79.2 Å². The Morgan fingerprint density at radius 1 is 1.20 bits per heavy atom. The number of aromatic nitrogens is 1. The van der Waals surface area contributed by atoms with Crippen molar-refractivity contribution in [1.29, 1.82) is 0 Å². The Morgan fingerprint density at radius 3 is 2.60 bits per heavy atom. The van der Waals surface area contributed by atoms with Gasteiger partial charge in [0, 0.05) is 30.2 Å². The van der Waals surface area contributed by atoms with Crippen molar-refractivity contribution >= 4 is 22.7 Å². The summed E-state index contributed by atoms with van der Waals surface area (Å²) >= 11 is 0. The van der Waals surface area contributed by atoms with Gasteiger partial charge in [-0.25, -0.2) is 0 Å². The molecule has 132 valence electrons. The van der Waals surface area contributed by atoms with E-state index in [4.69, 9.17) is 5.73 Å². The summed E-state index contributed by atoms with van der Waals surface area (Å²) in [7, 11) is 0. The highest BCUT2D eigenvalue weighted by Gasteiger charge is 2.44. The minimum atomic E-state index is -0.390. The zero-order valence-electron chi connectivity index (χ0n) is 14.5. The van der Waals surface area contributed by atoms with Crippen LogP contribution in [0.2, 0.25) is 0 Å². The molecule has 1 aromatic heterocycles. The van der Waals surface area contributed by atoms with Gasteiger partial charge in [-0.15, -0.1) is 0 Å². The number of para-hydroxylation sites is 1. The maximum atomic E-state index is 12.7. The third-order valence-corrected chi connectivity index (χ3v) is 5.99. The molecule has 25 heavy (non-hydrogen) atoms. The SMILES string of the molecule is NC(=O)C1(CC2CC2)CCN(C(=O)Cc2c[nH]c3ccccc23)CC1. The summed E-state index contributed by atoms with van der Waals surface area (Å²) in [6.07, 6.45) is 7.09. The largest absolute Gasteiger partial charge is 0.369 e. The smallest absolute Gasteiger partial charge is 0.227 e. The molecule has 0 spiro atoms. The standard InChI is InChI=1S/C20H25N3O2/c21-19(25)20(12-14-5-6-14)7-9-23(10-8-20)18(24)11-15-13-22-17-4-2-1-3-16(15)17/h1-4,13-14,22H,5-12H2,(H2,21,25). The summed E-state index contributed by atoms with van der Waals surface area (Å²) in [4.78, 5) is 29.9. The highest BCUT2D eigenvalue weighted by atomic mass is 16.2. The van der Waals surface area contributed by atoms with Crippen molar-refractivity contribution in [2.45, 2.75) is 38.5 Å². The lowest BCUT2D eigenvalue weighted by Gasteiger charge is -2.40. The summed E-state index contributed by atoms with van der Waals surface area (Å²) in [5.41, 5.74) is 7.42. The zero-order chi connectivity index (χ0) is 17.4. The third kappa shape index (κ3) is 3.15. The minimum Gasteiger partial charge on any atom is -0.369 e. The molecule has 2 aromatic rings. The Balaban J connectivity index is 1.41. The average Bonchev–Trinajstić information content (AvgIpc) is 3.34. The molecule has 1 aliphatic heterocycles. The van der Waals surface area contributed by atoms with E-state index in [0.29, 0.717) is 38.3 Å². The quantitative estimate of drug-likeness (QED) is 0.878. The Morgan fingerprint density at radius 2 is 1.92 bits per heavy atom. The molecule has 1 saturated carbocycles. The Kier molecular flexibility index (Phi) is 4.02. The van der Waals surface area contributed by atoms with E-state index in [1.54, 1.807) is 0 Å². The van der Waals surface area contributed by atoms with Crippen LogP contribution in [0.25, 0.3) is 10.9 Å². The van der Waals surface area contributed by atoms with E-state index < -0.39 is 5.41 Å². The second-order valence-electron chi connectivity index (χ2n) is 7.71. The van der Waals surface area contributed by atoms with Gasteiger partial charge >= 0.3 is 0 Å². The van der Waals surface area contributed by atoms with E-state index in [2.05, 4.69) is 4.98 Å². The molecule has 1 aliphatic carbocycles. The van der Waals surface area contributed by atoms with Crippen LogP contribution in [0.3, 0.4) is 0 Å². The third-order valence-electron chi connectivity index (χ3n) is 5.99. The van der Waals surface area contributed by atoms with Gasteiger partial charge in [0.1, 0.15) is 0 Å². The van der Waals surface area contributed by atoms with Crippen LogP contribution >= 0.6 is 0 Å². The van der Waals surface area contributed by atoms with Crippen LogP contribution in [0.5, 0.6) is 0 Å². The molecule has 1 saturated heterocycles. The van der Waals surface area contributed by atoms with E-state index in [1.807, 2.05) is 35.4 Å². The number of rotatable bonds is 5. The molecule has 0 atom stereocenters. The number of nitrogens with two attached hydrogens (primary N) is 1. The fraction of sp³-hybridized carbons (Fsp3) is 0.500. The second kappa shape index (κ2) is 6.21. The number of piperidine rings is 1. The van der Waals surface area contributed by atoms with Crippen LogP contribution < -0.4 is 5.73 Å². The molecular formula is C20H25N3O2. The van der Waals surface area contributed by atoms with Crippen molar-refractivity contribution in [3.8, 4) is 0 Å². The number of H-pyrrole nitrogens is 1. The van der Waals surface area contributed by atoms with Crippen molar-refractivity contribution in [3.63, 3.8) is 0 Å². The number of amides is 2. The molecular weight excluding hydrogens is 314 g/mol. The van der Waals surface area contributed by atoms with E-state index in [-0.39, 0.29) is 11.8 Å². The predicted molar refractivity (Wildman–Crippen MR) is 96.8 cm³/mol. The van der Waals surface area contributed by atoms with Gasteiger partial charge in [0.15, 0.2) is 0 Å². The first-order chi connectivity index (χ1) is 12.1. The number of fused-ring (bicyclic) bond motifs is 1. The summed E-state index contributed by atoms with van der Waals surface area (Å²) < 4.78 is 0. The Labute approximate surface area is 147 Å². The molecule has 0 unspecified atom stereocenters. The lowest BCUT2D eigenvalue weighted by atomic mass is 9.73. The monoisotopic (exact) mass is 339 g/mol. The van der Waals surface area contributed by atoms with Gasteiger partial charge in [-0.05, 0) is 36.8 Å². The molecule has 5 nitrogen and oxygen atoms in total. The molecule has 2 aliphatic rings. The van der Waals surface area contributed by atoms with Gasteiger partial charge in [-0.1, -0.05) is 31.0 Å². The van der Waals surface area contributed by atoms with Gasteiger partial charge in [0.2, 0.25) is 11.8 Å². The zero-order valence-corrected chi connectivity index (χ0v) is 14.5. The van der Waals surface area contributed by atoms with Crippen molar-refractivity contribution in [3.05, 3.63) is 36.0 Å². The normalized spacial score (nSPS) is 19.9. The highest BCUT2D eigenvalue weighted by Crippen LogP contribution is 2.45. The van der Waals surface area contributed by atoms with E-state index >= 15 is 0 Å². The van der Waals surface area contributed by atoms with Crippen LogP contribution in [0.1, 0.15) is 37.7 Å². The Hall–Kier alpha value is -2.30. The van der Waals surface area contributed by atoms with Gasteiger partial charge in [-0.2, -0.15) is 0 Å². The van der Waals surface area contributed by atoms with Crippen LogP contribution in [0, 0.1) is 11.3 Å². The molecule has 5 heteroatoms. The fourth-order valence-electron chi connectivity index (χ4n) is 4.16. The van der Waals surface area contributed by atoms with Gasteiger partial charge < -0.3 is 15.6 Å². The number of hydrogen-bond donors (Lipinski definition) is 2. The number of nitrogens with zero attached hydrogens (tertiary/aromatic N) is 1. The molecule has 0 bridgehead atoms. The van der Waals surface area contributed by atoms with Crippen molar-refractivity contribution in [1.82, 2.24) is 9.88 Å². The first-order valence-corrected chi connectivity index (χ1v) is 9.20. The number of aromatic amines is 1. The fourth-order valence-corrected chi connectivity index (χ4v) is 4.16. The van der Waals surface area contributed by atoms with Crippen LogP contribution in [0.4, 0.5) is 0 Å². The number of carbonyl (C=O) groups excluding carboxylic acids is 2. The van der Waals surface area contributed by atoms with Crippen molar-refractivity contribution in [2.75, 3.05) is 13.1 Å². The lowest BCUT2D eigenvalue weighted by molar-refractivity contribution is -0.139. The summed E-state index contributed by atoms with van der Waals surface area (Å²) in [6.45, 7) is 1.27. The number of primary amides is 1. The summed E-state index contributed by atoms with van der Waals surface area (Å²) in [5.74, 6) is 0.623. The minimum absolute atomic E-state index is 0.134. The number of benzene rings is 1. The molecule has 0 radical (unpaired) electrons. The lowest BCUT2D eigenvalue weighted by Crippen LogP contribution is -2.49. The highest BCUT2D eigenvalue weighted by molar-refractivity contribution is 5.89. The molecule has 3 N–H and O–H groups in total. The van der Waals surface area contributed by atoms with Crippen LogP contribution in [-0.4, -0.2) is 34.8 Å². The molecule has 4 rings (SSSR count). The Bertz CT molecular complexity index is 798. The summed E-state index contributed by atoms with van der Waals surface area (Å²) in [6, 6.07) is 8.03. The number of likely N-dealkylation sites (tertiary alicyclic amines) is 1. The van der Waals surface area contributed by atoms with Crippen molar-refractivity contribution in [2.24, 2.45) is 17.1 Å². The maximum absolute atomic E-state index is 12.7. The average molecular weight is 339 g/mol. The predicted octanol–water partition coefficient (Wildman–Crippen LogP) is 2.60. The van der Waals surface area contributed by atoms with Crippen molar-refractivity contribution < 1.29 is 9.59 Å². The number of carbonyl (C=O) groups is 2. The molecule has 2 amide bonds. The molecule has 2 heterocycles.